The Morgan fingerprint density at radius 2 is 2.10 bits per heavy atom. The van der Waals surface area contributed by atoms with Crippen molar-refractivity contribution in [1.82, 2.24) is 15.2 Å². The number of anilines is 1. The van der Waals surface area contributed by atoms with Gasteiger partial charge in [-0.15, -0.1) is 0 Å². The average Bonchev–Trinajstić information content (AvgIpc) is 2.95. The van der Waals surface area contributed by atoms with Gasteiger partial charge in [0.15, 0.2) is 0 Å². The van der Waals surface area contributed by atoms with Crippen molar-refractivity contribution in [2.24, 2.45) is 0 Å². The van der Waals surface area contributed by atoms with Gasteiger partial charge in [0.05, 0.1) is 0 Å². The second kappa shape index (κ2) is 6.22. The minimum absolute atomic E-state index is 0.156. The average molecular weight is 276 g/mol. The fourth-order valence-electron chi connectivity index (χ4n) is 2.87. The number of pyridine rings is 1. The highest BCUT2D eigenvalue weighted by atomic mass is 16.1. The molecule has 1 fully saturated rings. The van der Waals surface area contributed by atoms with Crippen LogP contribution in [-0.2, 0) is 0 Å². The third kappa shape index (κ3) is 3.10. The summed E-state index contributed by atoms with van der Waals surface area (Å²) in [6.07, 6.45) is 6.70. The zero-order chi connectivity index (χ0) is 14.6. The van der Waals surface area contributed by atoms with Gasteiger partial charge < -0.3 is 15.5 Å². The van der Waals surface area contributed by atoms with E-state index in [0.29, 0.717) is 5.69 Å². The maximum atomic E-state index is 11.6. The van der Waals surface area contributed by atoms with Crippen LogP contribution in [0.2, 0.25) is 0 Å². The molecule has 5 nitrogen and oxygen atoms in total. The first-order valence-electron chi connectivity index (χ1n) is 7.17. The van der Waals surface area contributed by atoms with Crippen molar-refractivity contribution in [1.29, 1.82) is 0 Å². The second-order valence-electron chi connectivity index (χ2n) is 5.69. The Labute approximate surface area is 120 Å². The Morgan fingerprint density at radius 3 is 2.70 bits per heavy atom. The van der Waals surface area contributed by atoms with E-state index in [-0.39, 0.29) is 11.4 Å². The molecule has 1 aromatic rings. The van der Waals surface area contributed by atoms with Crippen molar-refractivity contribution in [3.63, 3.8) is 0 Å². The van der Waals surface area contributed by atoms with E-state index in [4.69, 9.17) is 0 Å². The molecule has 1 amide bonds. The Kier molecular flexibility index (Phi) is 4.60. The summed E-state index contributed by atoms with van der Waals surface area (Å²) >= 11 is 0. The third-order valence-electron chi connectivity index (χ3n) is 4.32. The SMILES string of the molecule is CNC(=O)c1cc(NCC2(N(C)C)CCCC2)ccn1. The predicted molar refractivity (Wildman–Crippen MR) is 81.0 cm³/mol. The van der Waals surface area contributed by atoms with Crippen LogP contribution in [0.15, 0.2) is 18.3 Å². The van der Waals surface area contributed by atoms with Crippen molar-refractivity contribution in [2.45, 2.75) is 31.2 Å². The molecule has 0 bridgehead atoms. The highest BCUT2D eigenvalue weighted by Crippen LogP contribution is 2.33. The normalized spacial score (nSPS) is 17.2. The summed E-state index contributed by atoms with van der Waals surface area (Å²) in [7, 11) is 5.91. The van der Waals surface area contributed by atoms with Crippen LogP contribution in [0, 0.1) is 0 Å². The molecular formula is C15H24N4O. The summed E-state index contributed by atoms with van der Waals surface area (Å²) in [6.45, 7) is 0.900. The maximum absolute atomic E-state index is 11.6. The standard InChI is InChI=1S/C15H24N4O/c1-16-14(20)13-10-12(6-9-17-13)18-11-15(19(2)3)7-4-5-8-15/h6,9-10H,4-5,7-8,11H2,1-3H3,(H,16,20)(H,17,18). The molecule has 2 rings (SSSR count). The van der Waals surface area contributed by atoms with Crippen molar-refractivity contribution < 1.29 is 4.79 Å². The Morgan fingerprint density at radius 1 is 1.40 bits per heavy atom. The first-order valence-corrected chi connectivity index (χ1v) is 7.17. The van der Waals surface area contributed by atoms with Gasteiger partial charge in [-0.1, -0.05) is 12.8 Å². The number of carbonyl (C=O) groups excluding carboxylic acids is 1. The summed E-state index contributed by atoms with van der Waals surface area (Å²) in [6, 6.07) is 3.71. The molecule has 110 valence electrons. The van der Waals surface area contributed by atoms with Crippen LogP contribution in [-0.4, -0.2) is 49.0 Å². The first kappa shape index (κ1) is 14.8. The van der Waals surface area contributed by atoms with E-state index in [0.717, 1.165) is 12.2 Å². The number of nitrogens with one attached hydrogen (secondary N) is 2. The summed E-state index contributed by atoms with van der Waals surface area (Å²) < 4.78 is 0. The van der Waals surface area contributed by atoms with Gasteiger partial charge in [0.25, 0.3) is 5.91 Å². The van der Waals surface area contributed by atoms with Crippen LogP contribution in [0.1, 0.15) is 36.2 Å². The van der Waals surface area contributed by atoms with Gasteiger partial charge in [-0.25, -0.2) is 0 Å². The lowest BCUT2D eigenvalue weighted by Crippen LogP contribution is -2.47. The Balaban J connectivity index is 2.05. The highest BCUT2D eigenvalue weighted by molar-refractivity contribution is 5.92. The van der Waals surface area contributed by atoms with Gasteiger partial charge in [0, 0.05) is 31.0 Å². The molecule has 1 saturated carbocycles. The van der Waals surface area contributed by atoms with Crippen molar-refractivity contribution in [3.05, 3.63) is 24.0 Å². The van der Waals surface area contributed by atoms with E-state index in [1.165, 1.54) is 25.7 Å². The summed E-state index contributed by atoms with van der Waals surface area (Å²) in [5.41, 5.74) is 1.63. The van der Waals surface area contributed by atoms with Crippen LogP contribution < -0.4 is 10.6 Å². The molecule has 0 aliphatic heterocycles. The zero-order valence-electron chi connectivity index (χ0n) is 12.6. The van der Waals surface area contributed by atoms with Crippen LogP contribution in [0.25, 0.3) is 0 Å². The van der Waals surface area contributed by atoms with E-state index in [1.807, 2.05) is 6.07 Å². The number of rotatable bonds is 5. The molecule has 0 spiro atoms. The third-order valence-corrected chi connectivity index (χ3v) is 4.32. The highest BCUT2D eigenvalue weighted by Gasteiger charge is 2.35. The molecule has 0 saturated heterocycles. The smallest absolute Gasteiger partial charge is 0.269 e. The van der Waals surface area contributed by atoms with Gasteiger partial charge in [-0.3, -0.25) is 9.78 Å². The molecular weight excluding hydrogens is 252 g/mol. The fourth-order valence-corrected chi connectivity index (χ4v) is 2.87. The maximum Gasteiger partial charge on any atom is 0.269 e. The number of amides is 1. The van der Waals surface area contributed by atoms with Crippen molar-refractivity contribution >= 4 is 11.6 Å². The quantitative estimate of drug-likeness (QED) is 0.860. The minimum atomic E-state index is -0.156. The summed E-state index contributed by atoms with van der Waals surface area (Å²) in [4.78, 5) is 18.0. The van der Waals surface area contributed by atoms with Gasteiger partial charge in [-0.05, 0) is 39.1 Å². The number of nitrogens with zero attached hydrogens (tertiary/aromatic N) is 2. The van der Waals surface area contributed by atoms with E-state index in [2.05, 4.69) is 34.6 Å². The van der Waals surface area contributed by atoms with Gasteiger partial charge in [0.2, 0.25) is 0 Å². The minimum Gasteiger partial charge on any atom is -0.383 e. The van der Waals surface area contributed by atoms with E-state index >= 15 is 0 Å². The van der Waals surface area contributed by atoms with E-state index in [9.17, 15) is 4.79 Å². The number of aromatic nitrogens is 1. The van der Waals surface area contributed by atoms with Crippen molar-refractivity contribution in [2.75, 3.05) is 33.0 Å². The van der Waals surface area contributed by atoms with Crippen molar-refractivity contribution in [3.8, 4) is 0 Å². The summed E-state index contributed by atoms with van der Waals surface area (Å²) in [5, 5.41) is 6.06. The lowest BCUT2D eigenvalue weighted by molar-refractivity contribution is 0.0958. The first-order chi connectivity index (χ1) is 9.57. The topological polar surface area (TPSA) is 57.3 Å². The number of likely N-dealkylation sites (N-methyl/N-ethyl adjacent to an activating group) is 1. The van der Waals surface area contributed by atoms with E-state index in [1.54, 1.807) is 19.3 Å². The van der Waals surface area contributed by atoms with E-state index < -0.39 is 0 Å². The van der Waals surface area contributed by atoms with Gasteiger partial charge in [0.1, 0.15) is 5.69 Å². The molecule has 1 aliphatic carbocycles. The lowest BCUT2D eigenvalue weighted by Gasteiger charge is -2.36. The molecule has 1 aromatic heterocycles. The molecule has 1 aliphatic rings. The molecule has 5 heteroatoms. The van der Waals surface area contributed by atoms with Crippen LogP contribution in [0.5, 0.6) is 0 Å². The number of carbonyl (C=O) groups is 1. The predicted octanol–water partition coefficient (Wildman–Crippen LogP) is 1.73. The number of hydrogen-bond acceptors (Lipinski definition) is 4. The molecule has 0 unspecified atom stereocenters. The van der Waals surface area contributed by atoms with Gasteiger partial charge >= 0.3 is 0 Å². The van der Waals surface area contributed by atoms with Crippen LogP contribution >= 0.6 is 0 Å². The Hall–Kier alpha value is -1.62. The largest absolute Gasteiger partial charge is 0.383 e. The molecule has 1 heterocycles. The molecule has 0 radical (unpaired) electrons. The van der Waals surface area contributed by atoms with Crippen LogP contribution in [0.4, 0.5) is 5.69 Å². The van der Waals surface area contributed by atoms with Crippen LogP contribution in [0.3, 0.4) is 0 Å². The Bertz CT molecular complexity index is 467. The molecule has 0 atom stereocenters. The molecule has 2 N–H and O–H groups in total. The summed E-state index contributed by atoms with van der Waals surface area (Å²) in [5.74, 6) is -0.156. The monoisotopic (exact) mass is 276 g/mol. The van der Waals surface area contributed by atoms with Gasteiger partial charge in [-0.2, -0.15) is 0 Å². The zero-order valence-corrected chi connectivity index (χ0v) is 12.6. The molecule has 0 aromatic carbocycles. The number of hydrogen-bond donors (Lipinski definition) is 2. The fraction of sp³-hybridized carbons (Fsp3) is 0.600. The molecule has 20 heavy (non-hydrogen) atoms. The lowest BCUT2D eigenvalue weighted by atomic mass is 9.96. The second-order valence-corrected chi connectivity index (χ2v) is 5.69.